The minimum Gasteiger partial charge on any atom is -0.474 e. The van der Waals surface area contributed by atoms with Crippen molar-refractivity contribution in [3.8, 4) is 5.88 Å². The fraction of sp³-hybridized carbons (Fsp3) is 0.684. The first kappa shape index (κ1) is 17.1. The largest absolute Gasteiger partial charge is 0.474 e. The molecule has 0 unspecified atom stereocenters. The van der Waals surface area contributed by atoms with Crippen molar-refractivity contribution >= 4 is 5.96 Å². The molecular formula is C19H30N4O. The Hall–Kier alpha value is -1.78. The molecule has 2 N–H and O–H groups in total. The predicted octanol–water partition coefficient (Wildman–Crippen LogP) is 3.40. The maximum Gasteiger partial charge on any atom is 0.218 e. The Morgan fingerprint density at radius 1 is 1.17 bits per heavy atom. The summed E-state index contributed by atoms with van der Waals surface area (Å²) in [6.45, 7) is 0.683. The summed E-state index contributed by atoms with van der Waals surface area (Å²) < 4.78 is 6.11. The molecule has 0 bridgehead atoms. The van der Waals surface area contributed by atoms with Gasteiger partial charge in [-0.05, 0) is 44.6 Å². The first-order chi connectivity index (χ1) is 11.8. The van der Waals surface area contributed by atoms with Crippen LogP contribution in [0.5, 0.6) is 5.88 Å². The van der Waals surface area contributed by atoms with E-state index in [4.69, 9.17) is 4.74 Å². The van der Waals surface area contributed by atoms with Crippen LogP contribution in [0.1, 0.15) is 63.4 Å². The van der Waals surface area contributed by atoms with E-state index in [1.54, 1.807) is 0 Å². The van der Waals surface area contributed by atoms with Gasteiger partial charge in [-0.25, -0.2) is 4.98 Å². The third-order valence-corrected chi connectivity index (χ3v) is 5.05. The second-order valence-corrected chi connectivity index (χ2v) is 6.90. The molecule has 0 spiro atoms. The van der Waals surface area contributed by atoms with E-state index in [1.807, 2.05) is 19.3 Å². The molecule has 2 aliphatic rings. The zero-order chi connectivity index (χ0) is 16.6. The van der Waals surface area contributed by atoms with Gasteiger partial charge < -0.3 is 15.4 Å². The molecule has 1 heterocycles. The van der Waals surface area contributed by atoms with Gasteiger partial charge in [-0.2, -0.15) is 0 Å². The van der Waals surface area contributed by atoms with E-state index >= 15 is 0 Å². The normalized spacial score (nSPS) is 20.1. The third kappa shape index (κ3) is 4.86. The number of nitrogens with one attached hydrogen (secondary N) is 2. The predicted molar refractivity (Wildman–Crippen MR) is 97.3 cm³/mol. The van der Waals surface area contributed by atoms with E-state index < -0.39 is 0 Å². The van der Waals surface area contributed by atoms with Gasteiger partial charge in [0.15, 0.2) is 5.96 Å². The summed E-state index contributed by atoms with van der Waals surface area (Å²) in [5.74, 6) is 1.64. The molecule has 0 aliphatic heterocycles. The highest BCUT2D eigenvalue weighted by Crippen LogP contribution is 2.25. The number of nitrogens with zero attached hydrogens (tertiary/aromatic N) is 2. The van der Waals surface area contributed by atoms with Crippen molar-refractivity contribution in [2.75, 3.05) is 7.05 Å². The number of hydrogen-bond donors (Lipinski definition) is 2. The molecule has 3 rings (SSSR count). The fourth-order valence-corrected chi connectivity index (χ4v) is 3.64. The van der Waals surface area contributed by atoms with Gasteiger partial charge in [0.25, 0.3) is 0 Å². The Kier molecular flexibility index (Phi) is 6.33. The van der Waals surface area contributed by atoms with Crippen LogP contribution in [0.15, 0.2) is 23.3 Å². The minimum absolute atomic E-state index is 0.332. The van der Waals surface area contributed by atoms with Gasteiger partial charge in [-0.1, -0.05) is 25.3 Å². The zero-order valence-electron chi connectivity index (χ0n) is 14.8. The molecule has 132 valence electrons. The van der Waals surface area contributed by atoms with E-state index in [-0.39, 0.29) is 0 Å². The Bertz CT molecular complexity index is 534. The molecule has 0 saturated heterocycles. The van der Waals surface area contributed by atoms with Crippen LogP contribution in [0.2, 0.25) is 0 Å². The molecule has 2 fully saturated rings. The maximum atomic E-state index is 6.11. The van der Waals surface area contributed by atoms with Crippen molar-refractivity contribution in [3.05, 3.63) is 23.9 Å². The lowest BCUT2D eigenvalue weighted by Crippen LogP contribution is -2.43. The fourth-order valence-electron chi connectivity index (χ4n) is 3.64. The van der Waals surface area contributed by atoms with Crippen LogP contribution in [-0.4, -0.2) is 30.1 Å². The third-order valence-electron chi connectivity index (χ3n) is 5.05. The van der Waals surface area contributed by atoms with Gasteiger partial charge in [0, 0.05) is 31.4 Å². The van der Waals surface area contributed by atoms with Crippen molar-refractivity contribution < 1.29 is 4.74 Å². The van der Waals surface area contributed by atoms with Crippen LogP contribution < -0.4 is 15.4 Å². The van der Waals surface area contributed by atoms with Crippen molar-refractivity contribution in [3.63, 3.8) is 0 Å². The summed E-state index contributed by atoms with van der Waals surface area (Å²) in [6, 6.07) is 4.60. The van der Waals surface area contributed by atoms with Crippen molar-refractivity contribution in [1.82, 2.24) is 15.6 Å². The van der Waals surface area contributed by atoms with Crippen LogP contribution in [0.3, 0.4) is 0 Å². The molecule has 5 nitrogen and oxygen atoms in total. The lowest BCUT2D eigenvalue weighted by molar-refractivity contribution is 0.199. The second kappa shape index (κ2) is 8.90. The molecule has 0 aromatic carbocycles. The Morgan fingerprint density at radius 2 is 1.92 bits per heavy atom. The molecular weight excluding hydrogens is 300 g/mol. The van der Waals surface area contributed by atoms with Crippen LogP contribution in [-0.2, 0) is 6.54 Å². The highest BCUT2D eigenvalue weighted by Gasteiger charge is 2.19. The molecule has 5 heteroatoms. The highest BCUT2D eigenvalue weighted by atomic mass is 16.5. The molecule has 0 atom stereocenters. The number of ether oxygens (including phenoxy) is 1. The zero-order valence-corrected chi connectivity index (χ0v) is 14.8. The number of aliphatic imine (C=N–C) groups is 1. The quantitative estimate of drug-likeness (QED) is 0.642. The van der Waals surface area contributed by atoms with Crippen LogP contribution >= 0.6 is 0 Å². The highest BCUT2D eigenvalue weighted by molar-refractivity contribution is 5.80. The number of hydrogen-bond acceptors (Lipinski definition) is 3. The Balaban J connectivity index is 1.54. The summed E-state index contributed by atoms with van der Waals surface area (Å²) in [4.78, 5) is 8.80. The van der Waals surface area contributed by atoms with Gasteiger partial charge in [-0.15, -0.1) is 0 Å². The SMILES string of the molecule is CN=C(NCc1cccnc1OC1CCCC1)NC1CCCCC1. The van der Waals surface area contributed by atoms with E-state index in [9.17, 15) is 0 Å². The van der Waals surface area contributed by atoms with Gasteiger partial charge in [-0.3, -0.25) is 4.99 Å². The van der Waals surface area contributed by atoms with Crippen LogP contribution in [0.4, 0.5) is 0 Å². The number of rotatable bonds is 5. The van der Waals surface area contributed by atoms with E-state index in [1.165, 1.54) is 44.9 Å². The standard InChI is InChI=1S/C19H30N4O/c1-20-19(23-16-9-3-2-4-10-16)22-14-15-8-7-13-21-18(15)24-17-11-5-6-12-17/h7-8,13,16-17H,2-6,9-12,14H2,1H3,(H2,20,22,23). The molecule has 0 radical (unpaired) electrons. The second-order valence-electron chi connectivity index (χ2n) is 6.90. The molecule has 2 saturated carbocycles. The Morgan fingerprint density at radius 3 is 2.67 bits per heavy atom. The molecule has 1 aromatic rings. The maximum absolute atomic E-state index is 6.11. The summed E-state index contributed by atoms with van der Waals surface area (Å²) in [6.07, 6.45) is 13.4. The van der Waals surface area contributed by atoms with Crippen molar-refractivity contribution in [2.45, 2.75) is 76.5 Å². The summed E-state index contributed by atoms with van der Waals surface area (Å²) in [7, 11) is 1.83. The van der Waals surface area contributed by atoms with Gasteiger partial charge >= 0.3 is 0 Å². The van der Waals surface area contributed by atoms with Crippen molar-refractivity contribution in [1.29, 1.82) is 0 Å². The smallest absolute Gasteiger partial charge is 0.218 e. The first-order valence-corrected chi connectivity index (χ1v) is 9.43. The molecule has 0 amide bonds. The summed E-state index contributed by atoms with van der Waals surface area (Å²) in [5, 5.41) is 6.96. The van der Waals surface area contributed by atoms with Gasteiger partial charge in [0.2, 0.25) is 5.88 Å². The molecule has 1 aromatic heterocycles. The average Bonchev–Trinajstić information content (AvgIpc) is 3.13. The summed E-state index contributed by atoms with van der Waals surface area (Å²) in [5.41, 5.74) is 1.09. The first-order valence-electron chi connectivity index (χ1n) is 9.43. The number of guanidine groups is 1. The van der Waals surface area contributed by atoms with Gasteiger partial charge in [0.1, 0.15) is 6.10 Å². The number of aromatic nitrogens is 1. The lowest BCUT2D eigenvalue weighted by atomic mass is 9.96. The monoisotopic (exact) mass is 330 g/mol. The lowest BCUT2D eigenvalue weighted by Gasteiger charge is -2.25. The number of pyridine rings is 1. The minimum atomic E-state index is 0.332. The van der Waals surface area contributed by atoms with Gasteiger partial charge in [0.05, 0.1) is 0 Å². The van der Waals surface area contributed by atoms with Crippen LogP contribution in [0.25, 0.3) is 0 Å². The van der Waals surface area contributed by atoms with E-state index in [0.717, 1.165) is 30.2 Å². The van der Waals surface area contributed by atoms with E-state index in [0.29, 0.717) is 18.7 Å². The topological polar surface area (TPSA) is 58.5 Å². The van der Waals surface area contributed by atoms with E-state index in [2.05, 4.69) is 26.7 Å². The van der Waals surface area contributed by atoms with Crippen LogP contribution in [0, 0.1) is 0 Å². The van der Waals surface area contributed by atoms with Crippen molar-refractivity contribution in [2.24, 2.45) is 4.99 Å². The average molecular weight is 330 g/mol. The Labute approximate surface area is 145 Å². The molecule has 24 heavy (non-hydrogen) atoms. The summed E-state index contributed by atoms with van der Waals surface area (Å²) >= 11 is 0. The molecule has 2 aliphatic carbocycles.